The quantitative estimate of drug-likeness (QED) is 0.589. The van der Waals surface area contributed by atoms with Gasteiger partial charge in [0.25, 0.3) is 0 Å². The standard InChI is InChI=1S/C6H15NO4S/c1-4(2)11-6(8)5(3)12(7,9)10/h4-6,8H,1-3H3,(H2,7,9,10)/t5-,6-/m0/s1. The Morgan fingerprint density at radius 2 is 1.75 bits per heavy atom. The maximum Gasteiger partial charge on any atom is 0.216 e. The first-order valence-electron chi connectivity index (χ1n) is 3.60. The van der Waals surface area contributed by atoms with E-state index in [1.807, 2.05) is 0 Å². The number of sulfonamides is 1. The summed E-state index contributed by atoms with van der Waals surface area (Å²) in [5.74, 6) is 0. The molecular formula is C6H15NO4S. The van der Waals surface area contributed by atoms with E-state index in [9.17, 15) is 8.42 Å². The van der Waals surface area contributed by atoms with Crippen molar-refractivity contribution in [3.63, 3.8) is 0 Å². The average molecular weight is 197 g/mol. The Morgan fingerprint density at radius 3 is 2.00 bits per heavy atom. The van der Waals surface area contributed by atoms with Crippen molar-refractivity contribution in [2.75, 3.05) is 0 Å². The van der Waals surface area contributed by atoms with Gasteiger partial charge in [0.05, 0.1) is 6.10 Å². The third-order valence-electron chi connectivity index (χ3n) is 1.33. The average Bonchev–Trinajstić information content (AvgIpc) is 1.82. The van der Waals surface area contributed by atoms with Gasteiger partial charge in [0.15, 0.2) is 6.29 Å². The van der Waals surface area contributed by atoms with E-state index in [2.05, 4.69) is 0 Å². The Balaban J connectivity index is 4.21. The zero-order chi connectivity index (χ0) is 9.94. The summed E-state index contributed by atoms with van der Waals surface area (Å²) < 4.78 is 26.2. The van der Waals surface area contributed by atoms with Gasteiger partial charge in [0.1, 0.15) is 5.25 Å². The Hall–Kier alpha value is -0.170. The highest BCUT2D eigenvalue weighted by Crippen LogP contribution is 2.05. The molecule has 74 valence electrons. The molecule has 0 aromatic heterocycles. The predicted octanol–water partition coefficient (Wildman–Crippen LogP) is -0.593. The maximum absolute atomic E-state index is 10.7. The van der Waals surface area contributed by atoms with Crippen LogP contribution in [0.5, 0.6) is 0 Å². The molecular weight excluding hydrogens is 182 g/mol. The van der Waals surface area contributed by atoms with Gasteiger partial charge in [-0.15, -0.1) is 0 Å². The van der Waals surface area contributed by atoms with Crippen LogP contribution in [0.2, 0.25) is 0 Å². The molecule has 0 spiro atoms. The number of rotatable bonds is 4. The van der Waals surface area contributed by atoms with E-state index in [0.717, 1.165) is 0 Å². The van der Waals surface area contributed by atoms with E-state index in [-0.39, 0.29) is 6.10 Å². The van der Waals surface area contributed by atoms with Crippen molar-refractivity contribution in [3.8, 4) is 0 Å². The lowest BCUT2D eigenvalue weighted by atomic mass is 10.4. The second-order valence-corrected chi connectivity index (χ2v) is 4.79. The summed E-state index contributed by atoms with van der Waals surface area (Å²) in [7, 11) is -3.72. The Kier molecular flexibility index (Phi) is 4.12. The van der Waals surface area contributed by atoms with E-state index < -0.39 is 21.6 Å². The Morgan fingerprint density at radius 1 is 1.33 bits per heavy atom. The number of hydrogen-bond donors (Lipinski definition) is 2. The molecule has 2 atom stereocenters. The van der Waals surface area contributed by atoms with Gasteiger partial charge in [-0.1, -0.05) is 0 Å². The molecule has 0 unspecified atom stereocenters. The molecule has 6 heteroatoms. The van der Waals surface area contributed by atoms with Crippen LogP contribution in [0.4, 0.5) is 0 Å². The normalized spacial score (nSPS) is 17.8. The van der Waals surface area contributed by atoms with Crippen molar-refractivity contribution in [2.45, 2.75) is 38.4 Å². The van der Waals surface area contributed by atoms with Crippen LogP contribution in [0.25, 0.3) is 0 Å². The lowest BCUT2D eigenvalue weighted by molar-refractivity contribution is -0.123. The fourth-order valence-corrected chi connectivity index (χ4v) is 0.940. The van der Waals surface area contributed by atoms with E-state index >= 15 is 0 Å². The van der Waals surface area contributed by atoms with Gasteiger partial charge < -0.3 is 9.84 Å². The van der Waals surface area contributed by atoms with Crippen molar-refractivity contribution in [3.05, 3.63) is 0 Å². The first-order valence-corrected chi connectivity index (χ1v) is 5.21. The predicted molar refractivity (Wildman–Crippen MR) is 44.8 cm³/mol. The van der Waals surface area contributed by atoms with Crippen molar-refractivity contribution in [2.24, 2.45) is 5.14 Å². The first-order chi connectivity index (χ1) is 5.25. The maximum atomic E-state index is 10.7. The second-order valence-electron chi connectivity index (χ2n) is 2.87. The van der Waals surface area contributed by atoms with Gasteiger partial charge in [-0.2, -0.15) is 0 Å². The zero-order valence-electron chi connectivity index (χ0n) is 7.39. The molecule has 5 nitrogen and oxygen atoms in total. The zero-order valence-corrected chi connectivity index (χ0v) is 8.21. The molecule has 0 aliphatic carbocycles. The summed E-state index contributed by atoms with van der Waals surface area (Å²) in [6, 6.07) is 0. The highest BCUT2D eigenvalue weighted by Gasteiger charge is 2.25. The molecule has 0 bridgehead atoms. The van der Waals surface area contributed by atoms with Gasteiger partial charge in [-0.05, 0) is 20.8 Å². The van der Waals surface area contributed by atoms with E-state index in [1.165, 1.54) is 6.92 Å². The minimum Gasteiger partial charge on any atom is -0.367 e. The van der Waals surface area contributed by atoms with Gasteiger partial charge in [-0.3, -0.25) is 0 Å². The molecule has 0 rings (SSSR count). The largest absolute Gasteiger partial charge is 0.367 e. The molecule has 0 aliphatic heterocycles. The molecule has 0 saturated heterocycles. The monoisotopic (exact) mass is 197 g/mol. The van der Waals surface area contributed by atoms with Crippen LogP contribution in [0.15, 0.2) is 0 Å². The topological polar surface area (TPSA) is 89.6 Å². The van der Waals surface area contributed by atoms with Crippen LogP contribution in [0.3, 0.4) is 0 Å². The number of aliphatic hydroxyl groups is 1. The summed E-state index contributed by atoms with van der Waals surface area (Å²) in [4.78, 5) is 0. The van der Waals surface area contributed by atoms with E-state index in [1.54, 1.807) is 13.8 Å². The second kappa shape index (κ2) is 4.18. The van der Waals surface area contributed by atoms with Crippen molar-refractivity contribution in [1.82, 2.24) is 0 Å². The fourth-order valence-electron chi connectivity index (χ4n) is 0.552. The fraction of sp³-hybridized carbons (Fsp3) is 1.00. The number of nitrogens with two attached hydrogens (primary N) is 1. The highest BCUT2D eigenvalue weighted by atomic mass is 32.2. The summed E-state index contributed by atoms with van der Waals surface area (Å²) >= 11 is 0. The third kappa shape index (κ3) is 4.01. The number of ether oxygens (including phenoxy) is 1. The molecule has 0 aromatic carbocycles. The van der Waals surface area contributed by atoms with Crippen LogP contribution in [-0.2, 0) is 14.8 Å². The SMILES string of the molecule is CC(C)O[C@H](O)[C@H](C)S(N)(=O)=O. The number of aliphatic hydroxyl groups excluding tert-OH is 1. The smallest absolute Gasteiger partial charge is 0.216 e. The summed E-state index contributed by atoms with van der Waals surface area (Å²) in [5.41, 5.74) is 0. The molecule has 0 amide bonds. The third-order valence-corrected chi connectivity index (χ3v) is 2.60. The van der Waals surface area contributed by atoms with Crippen LogP contribution < -0.4 is 5.14 Å². The van der Waals surface area contributed by atoms with Gasteiger partial charge in [0.2, 0.25) is 10.0 Å². The van der Waals surface area contributed by atoms with E-state index in [0.29, 0.717) is 0 Å². The molecule has 0 fully saturated rings. The van der Waals surface area contributed by atoms with Gasteiger partial charge in [-0.25, -0.2) is 13.6 Å². The Labute approximate surface area is 72.6 Å². The lowest BCUT2D eigenvalue weighted by Crippen LogP contribution is -2.38. The molecule has 0 radical (unpaired) electrons. The number of hydrogen-bond acceptors (Lipinski definition) is 4. The van der Waals surface area contributed by atoms with Crippen LogP contribution in [-0.4, -0.2) is 31.2 Å². The van der Waals surface area contributed by atoms with Crippen molar-refractivity contribution >= 4 is 10.0 Å². The summed E-state index contributed by atoms with van der Waals surface area (Å²) in [6.07, 6.45) is -1.59. The highest BCUT2D eigenvalue weighted by molar-refractivity contribution is 7.89. The van der Waals surface area contributed by atoms with Crippen LogP contribution in [0.1, 0.15) is 20.8 Å². The molecule has 0 saturated carbocycles. The van der Waals surface area contributed by atoms with Crippen LogP contribution in [0, 0.1) is 0 Å². The minimum absolute atomic E-state index is 0.232. The summed E-state index contributed by atoms with van der Waals surface area (Å²) in [5, 5.41) is 12.8. The molecule has 0 aliphatic rings. The molecule has 0 aromatic rings. The van der Waals surface area contributed by atoms with Gasteiger partial charge in [0, 0.05) is 0 Å². The van der Waals surface area contributed by atoms with Crippen molar-refractivity contribution < 1.29 is 18.3 Å². The molecule has 3 N–H and O–H groups in total. The molecule has 0 heterocycles. The lowest BCUT2D eigenvalue weighted by Gasteiger charge is -2.19. The minimum atomic E-state index is -3.72. The van der Waals surface area contributed by atoms with Crippen LogP contribution >= 0.6 is 0 Å². The molecule has 12 heavy (non-hydrogen) atoms. The van der Waals surface area contributed by atoms with Gasteiger partial charge >= 0.3 is 0 Å². The van der Waals surface area contributed by atoms with Crippen molar-refractivity contribution in [1.29, 1.82) is 0 Å². The Bertz CT molecular complexity index is 224. The first kappa shape index (κ1) is 11.8. The summed E-state index contributed by atoms with van der Waals surface area (Å²) in [6.45, 7) is 4.68. The van der Waals surface area contributed by atoms with E-state index in [4.69, 9.17) is 15.0 Å². The number of primary sulfonamides is 1.